The summed E-state index contributed by atoms with van der Waals surface area (Å²) in [7, 11) is 3.32. The molecule has 182 valence electrons. The van der Waals surface area contributed by atoms with Crippen molar-refractivity contribution in [3.8, 4) is 11.8 Å². The molecule has 0 aromatic heterocycles. The molecule has 7 heteroatoms. The van der Waals surface area contributed by atoms with Gasteiger partial charge in [0.15, 0.2) is 7.11 Å². The summed E-state index contributed by atoms with van der Waals surface area (Å²) < 4.78 is 10.5. The normalized spacial score (nSPS) is 18.0. The second-order valence-electron chi connectivity index (χ2n) is 9.45. The molecule has 1 aromatic carbocycles. The molecule has 0 unspecified atom stereocenters. The van der Waals surface area contributed by atoms with Crippen molar-refractivity contribution in [3.63, 3.8) is 0 Å². The Hall–Kier alpha value is -2.72. The second-order valence-corrected chi connectivity index (χ2v) is 9.45. The van der Waals surface area contributed by atoms with Gasteiger partial charge in [0.05, 0.1) is 6.54 Å². The number of alkyl carbamates (subject to hydrolysis) is 1. The van der Waals surface area contributed by atoms with Gasteiger partial charge in [-0.2, -0.15) is 0 Å². The van der Waals surface area contributed by atoms with Gasteiger partial charge in [-0.05, 0) is 85.0 Å². The van der Waals surface area contributed by atoms with Crippen LogP contribution in [0, 0.1) is 18.8 Å². The van der Waals surface area contributed by atoms with Crippen LogP contribution in [0.2, 0.25) is 0 Å². The number of methoxy groups -OCH3 is 1. The molecule has 1 fully saturated rings. The van der Waals surface area contributed by atoms with Crippen LogP contribution >= 0.6 is 0 Å². The number of hydrogen-bond donors (Lipinski definition) is 2. The lowest BCUT2D eigenvalue weighted by Gasteiger charge is -2.39. The van der Waals surface area contributed by atoms with Gasteiger partial charge in [-0.15, -0.1) is 0 Å². The quantitative estimate of drug-likeness (QED) is 0.386. The first-order valence-electron chi connectivity index (χ1n) is 11.7. The maximum atomic E-state index is 12.1. The highest BCUT2D eigenvalue weighted by atomic mass is 16.6. The zero-order chi connectivity index (χ0) is 24.6. The Balaban J connectivity index is 2.21. The highest BCUT2D eigenvalue weighted by Gasteiger charge is 2.30. The maximum Gasteiger partial charge on any atom is 0.517 e. The van der Waals surface area contributed by atoms with E-state index in [0.717, 1.165) is 49.0 Å². The van der Waals surface area contributed by atoms with E-state index in [1.165, 1.54) is 7.11 Å². The smallest absolute Gasteiger partial charge is 0.444 e. The fraction of sp³-hybridized carbons (Fsp3) is 0.615. The lowest BCUT2D eigenvalue weighted by Crippen LogP contribution is -2.45. The first-order chi connectivity index (χ1) is 15.6. The van der Waals surface area contributed by atoms with Gasteiger partial charge < -0.3 is 29.8 Å². The topological polar surface area (TPSA) is 84.2 Å². The van der Waals surface area contributed by atoms with Crippen LogP contribution in [-0.2, 0) is 9.47 Å². The third-order valence-corrected chi connectivity index (χ3v) is 5.81. The molecule has 7 nitrogen and oxygen atoms in total. The van der Waals surface area contributed by atoms with Crippen LogP contribution in [0.25, 0.3) is 0 Å². The Morgan fingerprint density at radius 1 is 1.24 bits per heavy atom. The Bertz CT molecular complexity index is 887. The molecule has 0 bridgehead atoms. The predicted molar refractivity (Wildman–Crippen MR) is 133 cm³/mol. The SMILES string of the molecule is CCN(c1cc(C#CCNC)cc(C(=[OH+])OC)c1C)C1CCC(NC(=O)OC(C)(C)C)CC1. The summed E-state index contributed by atoms with van der Waals surface area (Å²) in [4.78, 5) is 24.9. The molecule has 0 saturated heterocycles. The summed E-state index contributed by atoms with van der Waals surface area (Å²) in [6, 6.07) is 4.42. The van der Waals surface area contributed by atoms with Gasteiger partial charge in [-0.3, -0.25) is 0 Å². The molecule has 0 radical (unpaired) electrons. The van der Waals surface area contributed by atoms with E-state index in [4.69, 9.17) is 9.47 Å². The highest BCUT2D eigenvalue weighted by molar-refractivity contribution is 5.94. The third kappa shape index (κ3) is 7.68. The minimum absolute atomic E-state index is 0.104. The molecular formula is C26H40N3O4+. The molecule has 1 saturated carbocycles. The largest absolute Gasteiger partial charge is 0.517 e. The summed E-state index contributed by atoms with van der Waals surface area (Å²) >= 11 is 0. The number of rotatable bonds is 6. The predicted octanol–water partition coefficient (Wildman–Crippen LogP) is 3.73. The van der Waals surface area contributed by atoms with E-state index in [1.54, 1.807) is 0 Å². The summed E-state index contributed by atoms with van der Waals surface area (Å²) in [5, 5.41) is 6.04. The van der Waals surface area contributed by atoms with E-state index >= 15 is 0 Å². The first-order valence-corrected chi connectivity index (χ1v) is 11.7. The molecule has 33 heavy (non-hydrogen) atoms. The number of carbonyl (C=O) groups excluding carboxylic acids is 2. The summed E-state index contributed by atoms with van der Waals surface area (Å²) in [5.74, 6) is 6.17. The van der Waals surface area contributed by atoms with Crippen LogP contribution in [0.1, 0.15) is 70.1 Å². The molecule has 0 heterocycles. The van der Waals surface area contributed by atoms with Gasteiger partial charge in [-0.1, -0.05) is 11.8 Å². The Kier molecular flexibility index (Phi) is 9.60. The third-order valence-electron chi connectivity index (χ3n) is 5.81. The summed E-state index contributed by atoms with van der Waals surface area (Å²) in [6.07, 6.45) is 3.35. The van der Waals surface area contributed by atoms with E-state index in [-0.39, 0.29) is 18.1 Å². The average molecular weight is 459 g/mol. The van der Waals surface area contributed by atoms with Crippen molar-refractivity contribution in [1.29, 1.82) is 0 Å². The maximum absolute atomic E-state index is 12.1. The van der Waals surface area contributed by atoms with E-state index in [1.807, 2.05) is 40.8 Å². The molecule has 3 N–H and O–H groups in total. The number of carbonyl (C=O) groups is 1. The van der Waals surface area contributed by atoms with E-state index in [0.29, 0.717) is 18.2 Å². The fourth-order valence-electron chi connectivity index (χ4n) is 4.27. The Labute approximate surface area is 198 Å². The molecule has 0 spiro atoms. The van der Waals surface area contributed by atoms with E-state index < -0.39 is 5.60 Å². The number of benzene rings is 1. The number of hydrogen-bond acceptors (Lipinski definition) is 5. The molecular weight excluding hydrogens is 418 g/mol. The van der Waals surface area contributed by atoms with Gasteiger partial charge in [-0.25, -0.2) is 4.79 Å². The van der Waals surface area contributed by atoms with Gasteiger partial charge in [0.1, 0.15) is 11.2 Å². The van der Waals surface area contributed by atoms with Crippen LogP contribution in [0.5, 0.6) is 0 Å². The van der Waals surface area contributed by atoms with Crippen molar-refractivity contribution in [2.45, 2.75) is 78.0 Å². The van der Waals surface area contributed by atoms with Crippen LogP contribution in [0.15, 0.2) is 12.1 Å². The standard InChI is InChI=1S/C26H39N3O4/c1-8-29(21-13-11-20(12-14-21)28-25(31)33-26(3,4)5)23-17-19(10-9-15-27-6)16-22(18(23)2)24(30)32-7/h16-17,20-21,27H,8,11-15H2,1-7H3,(H,28,31)/p+1. The van der Waals surface area contributed by atoms with Crippen molar-refractivity contribution in [3.05, 3.63) is 28.8 Å². The van der Waals surface area contributed by atoms with Crippen molar-refractivity contribution in [1.82, 2.24) is 10.6 Å². The molecule has 2 rings (SSSR count). The molecule has 1 aromatic rings. The van der Waals surface area contributed by atoms with Crippen molar-refractivity contribution < 1.29 is 19.1 Å². The zero-order valence-corrected chi connectivity index (χ0v) is 21.2. The summed E-state index contributed by atoms with van der Waals surface area (Å²) in [5.41, 5.74) is 3.01. The minimum atomic E-state index is -0.499. The summed E-state index contributed by atoms with van der Waals surface area (Å²) in [6.45, 7) is 11.2. The number of esters is 1. The Morgan fingerprint density at radius 3 is 2.45 bits per heavy atom. The lowest BCUT2D eigenvalue weighted by atomic mass is 9.89. The number of amides is 1. The van der Waals surface area contributed by atoms with Crippen LogP contribution in [-0.4, -0.2) is 61.8 Å². The van der Waals surface area contributed by atoms with Crippen molar-refractivity contribution in [2.75, 3.05) is 32.1 Å². The van der Waals surface area contributed by atoms with E-state index in [9.17, 15) is 9.59 Å². The Morgan fingerprint density at radius 2 is 1.91 bits per heavy atom. The molecule has 1 aliphatic rings. The van der Waals surface area contributed by atoms with Gasteiger partial charge in [0, 0.05) is 29.9 Å². The number of nitrogens with one attached hydrogen (secondary N) is 2. The molecule has 1 aliphatic carbocycles. The van der Waals surface area contributed by atoms with Crippen LogP contribution in [0.4, 0.5) is 10.5 Å². The second kappa shape index (κ2) is 11.9. The number of ether oxygens (including phenoxy) is 2. The molecule has 0 atom stereocenters. The monoisotopic (exact) mass is 458 g/mol. The molecule has 0 aliphatic heterocycles. The van der Waals surface area contributed by atoms with Crippen molar-refractivity contribution in [2.24, 2.45) is 0 Å². The average Bonchev–Trinajstić information content (AvgIpc) is 2.75. The lowest BCUT2D eigenvalue weighted by molar-refractivity contribution is 0.0491. The zero-order valence-electron chi connectivity index (χ0n) is 21.2. The van der Waals surface area contributed by atoms with Gasteiger partial charge >= 0.3 is 12.1 Å². The highest BCUT2D eigenvalue weighted by Crippen LogP contribution is 2.32. The molecule has 1 amide bonds. The fourth-order valence-corrected chi connectivity index (χ4v) is 4.27. The van der Waals surface area contributed by atoms with Gasteiger partial charge in [0.2, 0.25) is 0 Å². The van der Waals surface area contributed by atoms with Crippen LogP contribution in [0.3, 0.4) is 0 Å². The number of nitrogens with zero attached hydrogens (tertiary/aromatic N) is 1. The van der Waals surface area contributed by atoms with Gasteiger partial charge in [0.25, 0.3) is 0 Å². The van der Waals surface area contributed by atoms with E-state index in [2.05, 4.69) is 40.4 Å². The van der Waals surface area contributed by atoms with Crippen LogP contribution < -0.4 is 15.5 Å². The number of anilines is 1. The van der Waals surface area contributed by atoms with Crippen molar-refractivity contribution >= 4 is 17.7 Å². The first kappa shape index (κ1) is 26.5. The minimum Gasteiger partial charge on any atom is -0.444 e.